The van der Waals surface area contributed by atoms with E-state index < -0.39 is 0 Å². The first-order valence-electron chi connectivity index (χ1n) is 6.46. The number of fused-ring (bicyclic) bond motifs is 1. The van der Waals surface area contributed by atoms with Crippen LogP contribution in [0.4, 0.5) is 5.82 Å². The SMILES string of the molecule is CCNc1nc(COC2CCC2)nc2sccc12. The summed E-state index contributed by atoms with van der Waals surface area (Å²) < 4.78 is 5.77. The first-order valence-corrected chi connectivity index (χ1v) is 7.34. The van der Waals surface area contributed by atoms with Crippen molar-refractivity contribution in [2.24, 2.45) is 0 Å². The molecule has 1 fully saturated rings. The maximum atomic E-state index is 5.77. The third-order valence-electron chi connectivity index (χ3n) is 3.22. The van der Waals surface area contributed by atoms with Crippen molar-refractivity contribution in [3.05, 3.63) is 17.3 Å². The standard InChI is InChI=1S/C13H17N3OS/c1-2-14-12-10-6-7-18-13(10)16-11(15-12)8-17-9-4-3-5-9/h6-7,9H,2-5,8H2,1H3,(H,14,15,16). The predicted molar refractivity (Wildman–Crippen MR) is 74.0 cm³/mol. The van der Waals surface area contributed by atoms with Gasteiger partial charge in [-0.05, 0) is 37.6 Å². The van der Waals surface area contributed by atoms with Crippen molar-refractivity contribution in [2.45, 2.75) is 38.9 Å². The van der Waals surface area contributed by atoms with Gasteiger partial charge in [0.05, 0.1) is 11.5 Å². The highest BCUT2D eigenvalue weighted by atomic mass is 32.1. The lowest BCUT2D eigenvalue weighted by atomic mass is 9.96. The van der Waals surface area contributed by atoms with E-state index in [1.54, 1.807) is 11.3 Å². The summed E-state index contributed by atoms with van der Waals surface area (Å²) in [5.41, 5.74) is 0. The van der Waals surface area contributed by atoms with E-state index in [-0.39, 0.29) is 0 Å². The minimum atomic E-state index is 0.426. The van der Waals surface area contributed by atoms with E-state index in [1.165, 1.54) is 19.3 Å². The highest BCUT2D eigenvalue weighted by Crippen LogP contribution is 2.26. The highest BCUT2D eigenvalue weighted by Gasteiger charge is 2.18. The van der Waals surface area contributed by atoms with Gasteiger partial charge in [0.2, 0.25) is 0 Å². The van der Waals surface area contributed by atoms with Gasteiger partial charge in [-0.25, -0.2) is 9.97 Å². The zero-order chi connectivity index (χ0) is 12.4. The van der Waals surface area contributed by atoms with Crippen molar-refractivity contribution in [1.82, 2.24) is 9.97 Å². The number of hydrogen-bond acceptors (Lipinski definition) is 5. The number of nitrogens with one attached hydrogen (secondary N) is 1. The molecule has 1 N–H and O–H groups in total. The van der Waals surface area contributed by atoms with Crippen LogP contribution in [0, 0.1) is 0 Å². The predicted octanol–water partition coefficient (Wildman–Crippen LogP) is 3.19. The lowest BCUT2D eigenvalue weighted by molar-refractivity contribution is -0.0115. The smallest absolute Gasteiger partial charge is 0.158 e. The second-order valence-electron chi connectivity index (χ2n) is 4.52. The topological polar surface area (TPSA) is 47.0 Å². The number of hydrogen-bond donors (Lipinski definition) is 1. The maximum Gasteiger partial charge on any atom is 0.158 e. The molecule has 1 saturated carbocycles. The molecule has 0 aliphatic heterocycles. The van der Waals surface area contributed by atoms with E-state index in [0.717, 1.165) is 28.4 Å². The summed E-state index contributed by atoms with van der Waals surface area (Å²) in [4.78, 5) is 10.1. The Labute approximate surface area is 110 Å². The molecule has 96 valence electrons. The fourth-order valence-corrected chi connectivity index (χ4v) is 2.78. The van der Waals surface area contributed by atoms with E-state index in [4.69, 9.17) is 4.74 Å². The molecule has 0 atom stereocenters. The minimum Gasteiger partial charge on any atom is -0.370 e. The van der Waals surface area contributed by atoms with Crippen molar-refractivity contribution in [1.29, 1.82) is 0 Å². The number of aromatic nitrogens is 2. The fraction of sp³-hybridized carbons (Fsp3) is 0.538. The first-order chi connectivity index (χ1) is 8.86. The van der Waals surface area contributed by atoms with Gasteiger partial charge in [0.1, 0.15) is 17.3 Å². The van der Waals surface area contributed by atoms with Crippen molar-refractivity contribution < 1.29 is 4.74 Å². The van der Waals surface area contributed by atoms with Crippen molar-refractivity contribution in [2.75, 3.05) is 11.9 Å². The fourth-order valence-electron chi connectivity index (χ4n) is 2.00. The lowest BCUT2D eigenvalue weighted by Crippen LogP contribution is -2.21. The van der Waals surface area contributed by atoms with E-state index in [9.17, 15) is 0 Å². The molecule has 1 aliphatic carbocycles. The van der Waals surface area contributed by atoms with Gasteiger partial charge in [-0.3, -0.25) is 0 Å². The number of nitrogens with zero attached hydrogens (tertiary/aromatic N) is 2. The van der Waals surface area contributed by atoms with Crippen LogP contribution in [0.2, 0.25) is 0 Å². The molecule has 2 heterocycles. The quantitative estimate of drug-likeness (QED) is 0.900. The largest absolute Gasteiger partial charge is 0.370 e. The molecule has 0 unspecified atom stereocenters. The molecular formula is C13H17N3OS. The summed E-state index contributed by atoms with van der Waals surface area (Å²) in [6, 6.07) is 2.06. The van der Waals surface area contributed by atoms with Crippen molar-refractivity contribution >= 4 is 27.4 Å². The summed E-state index contributed by atoms with van der Waals surface area (Å²) in [5, 5.41) is 6.45. The molecule has 18 heavy (non-hydrogen) atoms. The Morgan fingerprint density at radius 2 is 2.33 bits per heavy atom. The van der Waals surface area contributed by atoms with E-state index in [2.05, 4.69) is 33.7 Å². The van der Waals surface area contributed by atoms with Crippen LogP contribution in [-0.4, -0.2) is 22.6 Å². The average molecular weight is 263 g/mol. The van der Waals surface area contributed by atoms with Crippen LogP contribution in [0.5, 0.6) is 0 Å². The minimum absolute atomic E-state index is 0.426. The molecule has 2 aromatic heterocycles. The Bertz CT molecular complexity index is 536. The molecule has 0 spiro atoms. The molecule has 5 heteroatoms. The van der Waals surface area contributed by atoms with Gasteiger partial charge in [-0.15, -0.1) is 11.3 Å². The van der Waals surface area contributed by atoms with Gasteiger partial charge in [-0.2, -0.15) is 0 Å². The van der Waals surface area contributed by atoms with Crippen LogP contribution in [0.15, 0.2) is 11.4 Å². The van der Waals surface area contributed by atoms with Gasteiger partial charge >= 0.3 is 0 Å². The molecule has 0 saturated heterocycles. The van der Waals surface area contributed by atoms with Gasteiger partial charge in [-0.1, -0.05) is 0 Å². The summed E-state index contributed by atoms with van der Waals surface area (Å²) in [6.07, 6.45) is 4.08. The third-order valence-corrected chi connectivity index (χ3v) is 4.02. The summed E-state index contributed by atoms with van der Waals surface area (Å²) in [5.74, 6) is 1.71. The van der Waals surface area contributed by atoms with E-state index >= 15 is 0 Å². The van der Waals surface area contributed by atoms with Gasteiger partial charge in [0.25, 0.3) is 0 Å². The summed E-state index contributed by atoms with van der Waals surface area (Å²) in [7, 11) is 0. The van der Waals surface area contributed by atoms with Crippen molar-refractivity contribution in [3.63, 3.8) is 0 Å². The molecule has 0 bridgehead atoms. The van der Waals surface area contributed by atoms with Crippen LogP contribution in [0.25, 0.3) is 10.2 Å². The molecule has 4 nitrogen and oxygen atoms in total. The molecule has 0 amide bonds. The highest BCUT2D eigenvalue weighted by molar-refractivity contribution is 7.16. The monoisotopic (exact) mass is 263 g/mol. The van der Waals surface area contributed by atoms with E-state index in [1.807, 2.05) is 0 Å². The zero-order valence-electron chi connectivity index (χ0n) is 10.5. The molecule has 1 aliphatic rings. The van der Waals surface area contributed by atoms with Crippen molar-refractivity contribution in [3.8, 4) is 0 Å². The third kappa shape index (κ3) is 2.33. The second-order valence-corrected chi connectivity index (χ2v) is 5.42. The first kappa shape index (κ1) is 11.9. The van der Waals surface area contributed by atoms with Crippen LogP contribution in [-0.2, 0) is 11.3 Å². The number of rotatable bonds is 5. The van der Waals surface area contributed by atoms with Crippen LogP contribution in [0.3, 0.4) is 0 Å². The average Bonchev–Trinajstić information content (AvgIpc) is 2.75. The Kier molecular flexibility index (Phi) is 3.43. The number of thiophene rings is 1. The van der Waals surface area contributed by atoms with E-state index in [0.29, 0.717) is 12.7 Å². The molecular weight excluding hydrogens is 246 g/mol. The number of anilines is 1. The molecule has 2 aromatic rings. The van der Waals surface area contributed by atoms with Crippen LogP contribution >= 0.6 is 11.3 Å². The summed E-state index contributed by atoms with van der Waals surface area (Å²) >= 11 is 1.65. The zero-order valence-corrected chi connectivity index (χ0v) is 11.3. The Hall–Kier alpha value is -1.20. The Balaban J connectivity index is 1.81. The van der Waals surface area contributed by atoms with Gasteiger partial charge in [0, 0.05) is 6.54 Å². The second kappa shape index (κ2) is 5.20. The van der Waals surface area contributed by atoms with Gasteiger partial charge < -0.3 is 10.1 Å². The maximum absolute atomic E-state index is 5.77. The number of ether oxygens (including phenoxy) is 1. The lowest BCUT2D eigenvalue weighted by Gasteiger charge is -2.25. The van der Waals surface area contributed by atoms with Crippen LogP contribution < -0.4 is 5.32 Å². The van der Waals surface area contributed by atoms with Gasteiger partial charge in [0.15, 0.2) is 5.82 Å². The summed E-state index contributed by atoms with van der Waals surface area (Å²) in [6.45, 7) is 3.46. The Morgan fingerprint density at radius 1 is 1.44 bits per heavy atom. The normalized spacial score (nSPS) is 15.8. The van der Waals surface area contributed by atoms with Crippen LogP contribution in [0.1, 0.15) is 32.0 Å². The Morgan fingerprint density at radius 3 is 3.06 bits per heavy atom. The molecule has 0 radical (unpaired) electrons. The molecule has 0 aromatic carbocycles. The molecule has 3 rings (SSSR count).